The number of para-hydroxylation sites is 1. The first kappa shape index (κ1) is 33.0. The average molecular weight is 651 g/mol. The number of anilines is 1. The van der Waals surface area contributed by atoms with Gasteiger partial charge in [0, 0.05) is 49.7 Å². The molecule has 1 heterocycles. The number of nitrogens with zero attached hydrogens (tertiary/aromatic N) is 3. The summed E-state index contributed by atoms with van der Waals surface area (Å²) in [6.45, 7) is 3.15. The van der Waals surface area contributed by atoms with Crippen LogP contribution < -0.4 is 10.5 Å². The van der Waals surface area contributed by atoms with E-state index in [1.165, 1.54) is 0 Å². The van der Waals surface area contributed by atoms with Crippen molar-refractivity contribution in [3.05, 3.63) is 76.3 Å². The van der Waals surface area contributed by atoms with Crippen LogP contribution in [0, 0.1) is 0 Å². The van der Waals surface area contributed by atoms with Crippen LogP contribution >= 0.6 is 23.2 Å². The molecule has 2 aliphatic rings. The van der Waals surface area contributed by atoms with Crippen molar-refractivity contribution in [3.63, 3.8) is 0 Å². The Morgan fingerprint density at radius 1 is 1.09 bits per heavy atom. The van der Waals surface area contributed by atoms with Crippen molar-refractivity contribution >= 4 is 50.7 Å². The minimum absolute atomic E-state index is 0.0432. The third-order valence-corrected chi connectivity index (χ3v) is 8.90. The number of morpholine rings is 1. The van der Waals surface area contributed by atoms with Crippen LogP contribution in [0.3, 0.4) is 0 Å². The van der Waals surface area contributed by atoms with Crippen molar-refractivity contribution in [2.75, 3.05) is 64.0 Å². The van der Waals surface area contributed by atoms with Crippen LogP contribution in [0.2, 0.25) is 0 Å². The molecule has 0 spiro atoms. The van der Waals surface area contributed by atoms with Crippen molar-refractivity contribution in [2.45, 2.75) is 18.5 Å². The quantitative estimate of drug-likeness (QED) is 0.361. The van der Waals surface area contributed by atoms with Crippen molar-refractivity contribution < 1.29 is 22.7 Å². The van der Waals surface area contributed by atoms with Crippen LogP contribution in [0.1, 0.15) is 18.0 Å². The zero-order chi connectivity index (χ0) is 31.1. The number of rotatable bonds is 12. The first-order valence-electron chi connectivity index (χ1n) is 13.9. The van der Waals surface area contributed by atoms with E-state index in [1.807, 2.05) is 42.5 Å². The Balaban J connectivity index is 1.59. The molecule has 10 nitrogen and oxygen atoms in total. The lowest BCUT2D eigenvalue weighted by molar-refractivity contribution is -0.135. The molecule has 1 aliphatic heterocycles. The number of nitrogens with one attached hydrogen (secondary N) is 1. The summed E-state index contributed by atoms with van der Waals surface area (Å²) in [6.07, 6.45) is 4.98. The maximum absolute atomic E-state index is 13.8. The average Bonchev–Trinajstić information content (AvgIpc) is 2.96. The molecule has 232 valence electrons. The van der Waals surface area contributed by atoms with Gasteiger partial charge in [-0.3, -0.25) is 24.1 Å². The Hall–Kier alpha value is -2.93. The van der Waals surface area contributed by atoms with E-state index in [4.69, 9.17) is 33.7 Å². The van der Waals surface area contributed by atoms with E-state index in [2.05, 4.69) is 9.62 Å². The third kappa shape index (κ3) is 9.28. The van der Waals surface area contributed by atoms with Gasteiger partial charge in [-0.25, -0.2) is 8.42 Å². The van der Waals surface area contributed by atoms with Gasteiger partial charge in [-0.2, -0.15) is 0 Å². The second-order valence-electron chi connectivity index (χ2n) is 10.7. The fourth-order valence-corrected chi connectivity index (χ4v) is 6.17. The molecule has 2 atom stereocenters. The van der Waals surface area contributed by atoms with Crippen LogP contribution in [0.5, 0.6) is 0 Å². The smallest absolute Gasteiger partial charge is 0.237 e. The number of carbonyl (C=O) groups is 2. The highest BCUT2D eigenvalue weighted by Crippen LogP contribution is 2.31. The second kappa shape index (κ2) is 14.7. The number of halogens is 2. The molecular weight excluding hydrogens is 613 g/mol. The predicted molar refractivity (Wildman–Crippen MR) is 170 cm³/mol. The van der Waals surface area contributed by atoms with Gasteiger partial charge in [0.2, 0.25) is 21.8 Å². The van der Waals surface area contributed by atoms with Gasteiger partial charge < -0.3 is 15.4 Å². The van der Waals surface area contributed by atoms with Crippen molar-refractivity contribution in [3.8, 4) is 11.1 Å². The number of ether oxygens (including phenoxy) is 1. The first-order valence-corrected chi connectivity index (χ1v) is 16.5. The lowest BCUT2D eigenvalue weighted by Gasteiger charge is -2.37. The topological polar surface area (TPSA) is 125 Å². The molecule has 0 saturated carbocycles. The van der Waals surface area contributed by atoms with Gasteiger partial charge in [0.25, 0.3) is 0 Å². The van der Waals surface area contributed by atoms with Crippen molar-refractivity contribution in [2.24, 2.45) is 5.73 Å². The number of benzene rings is 2. The third-order valence-electron chi connectivity index (χ3n) is 7.50. The molecule has 2 amide bonds. The molecule has 2 aromatic rings. The molecule has 0 aromatic heterocycles. The number of carbonyl (C=O) groups excluding carboxylic acids is 2. The lowest BCUT2D eigenvalue weighted by atomic mass is 9.98. The van der Waals surface area contributed by atoms with Crippen LogP contribution in [-0.2, 0) is 24.3 Å². The van der Waals surface area contributed by atoms with E-state index in [9.17, 15) is 18.0 Å². The summed E-state index contributed by atoms with van der Waals surface area (Å²) in [5, 5.41) is 0.896. The lowest BCUT2D eigenvalue weighted by Crippen LogP contribution is -2.49. The van der Waals surface area contributed by atoms with Crippen molar-refractivity contribution in [1.82, 2.24) is 14.7 Å². The van der Waals surface area contributed by atoms with Crippen molar-refractivity contribution in [1.29, 1.82) is 0 Å². The maximum Gasteiger partial charge on any atom is 0.237 e. The predicted octanol–water partition coefficient (Wildman–Crippen LogP) is 3.36. The van der Waals surface area contributed by atoms with E-state index < -0.39 is 15.9 Å². The molecule has 1 aliphatic carbocycles. The van der Waals surface area contributed by atoms with Gasteiger partial charge in [-0.15, -0.1) is 0 Å². The number of amides is 2. The summed E-state index contributed by atoms with van der Waals surface area (Å²) in [4.78, 5) is 31.4. The molecule has 43 heavy (non-hydrogen) atoms. The van der Waals surface area contributed by atoms with E-state index in [0.717, 1.165) is 36.0 Å². The Morgan fingerprint density at radius 3 is 2.40 bits per heavy atom. The largest absolute Gasteiger partial charge is 0.379 e. The van der Waals surface area contributed by atoms with Gasteiger partial charge in [0.15, 0.2) is 0 Å². The van der Waals surface area contributed by atoms with E-state index in [-0.39, 0.29) is 31.1 Å². The molecule has 13 heteroatoms. The summed E-state index contributed by atoms with van der Waals surface area (Å²) in [5.41, 5.74) is 8.50. The zero-order valence-electron chi connectivity index (χ0n) is 24.2. The zero-order valence-corrected chi connectivity index (χ0v) is 26.5. The monoisotopic (exact) mass is 649 g/mol. The molecule has 0 radical (unpaired) electrons. The molecule has 4 rings (SSSR count). The normalized spacial score (nSPS) is 18.5. The van der Waals surface area contributed by atoms with Gasteiger partial charge in [0.05, 0.1) is 49.3 Å². The highest BCUT2D eigenvalue weighted by Gasteiger charge is 2.30. The molecule has 3 N–H and O–H groups in total. The van der Waals surface area contributed by atoms with Gasteiger partial charge in [-0.1, -0.05) is 71.7 Å². The van der Waals surface area contributed by atoms with Gasteiger partial charge >= 0.3 is 0 Å². The molecular formula is C30H37Cl2N5O5S. The van der Waals surface area contributed by atoms with Gasteiger partial charge in [0.1, 0.15) is 0 Å². The molecule has 2 aromatic carbocycles. The number of sulfonamides is 1. The van der Waals surface area contributed by atoms with Gasteiger partial charge in [-0.05, 0) is 23.3 Å². The van der Waals surface area contributed by atoms with Crippen LogP contribution in [0.25, 0.3) is 11.1 Å². The second-order valence-corrected chi connectivity index (χ2v) is 13.3. The standard InChI is InChI=1S/C30H37Cl2N5O5S/c1-35(30(39)20-37(19-29(33)38)23-11-12-25(31)26(32)17-23)28(18-36-13-15-42-16-14-36)22-9-7-21(8-10-22)24-5-3-4-6-27(24)34-43(2,40)41/h3-12,23,28,34H,13-20H2,1-2H3,(H2,33,38). The number of hydrogen-bond acceptors (Lipinski definition) is 7. The fraction of sp³-hybridized carbons (Fsp3) is 0.400. The summed E-state index contributed by atoms with van der Waals surface area (Å²) in [5.74, 6) is -0.733. The highest BCUT2D eigenvalue weighted by molar-refractivity contribution is 7.92. The first-order chi connectivity index (χ1) is 20.4. The maximum atomic E-state index is 13.8. The number of likely N-dealkylation sites (N-methyl/N-ethyl adjacent to an activating group) is 1. The SMILES string of the molecule is CN(C(=O)CN(CC(N)=O)C1C=CC(Cl)=C(Cl)C1)C(CN1CCOCC1)c1ccc(-c2ccccc2NS(C)(=O)=O)cc1. The minimum Gasteiger partial charge on any atom is -0.379 e. The summed E-state index contributed by atoms with van der Waals surface area (Å²) < 4.78 is 31.9. The van der Waals surface area contributed by atoms with Crippen LogP contribution in [0.4, 0.5) is 5.69 Å². The fourth-order valence-electron chi connectivity index (χ4n) is 5.22. The number of allylic oxidation sites excluding steroid dienone is 2. The Bertz CT molecular complexity index is 1480. The number of nitrogens with two attached hydrogens (primary N) is 1. The van der Waals surface area contributed by atoms with Crippen LogP contribution in [0.15, 0.2) is 70.7 Å². The van der Waals surface area contributed by atoms with E-state index in [0.29, 0.717) is 41.9 Å². The Labute approximate surface area is 263 Å². The molecule has 0 bridgehead atoms. The number of hydrogen-bond donors (Lipinski definition) is 2. The Kier molecular flexibility index (Phi) is 11.3. The highest BCUT2D eigenvalue weighted by atomic mass is 35.5. The van der Waals surface area contributed by atoms with E-state index in [1.54, 1.807) is 35.1 Å². The van der Waals surface area contributed by atoms with E-state index >= 15 is 0 Å². The summed E-state index contributed by atoms with van der Waals surface area (Å²) in [7, 11) is -1.70. The minimum atomic E-state index is -3.46. The summed E-state index contributed by atoms with van der Waals surface area (Å²) >= 11 is 12.4. The molecule has 1 fully saturated rings. The number of primary amides is 1. The summed E-state index contributed by atoms with van der Waals surface area (Å²) in [6, 6.07) is 14.3. The Morgan fingerprint density at radius 2 is 1.77 bits per heavy atom. The van der Waals surface area contributed by atoms with Crippen LogP contribution in [-0.4, -0.2) is 100 Å². The molecule has 1 saturated heterocycles. The molecule has 2 unspecified atom stereocenters.